The molecule has 0 aromatic heterocycles. The van der Waals surface area contributed by atoms with E-state index in [0.29, 0.717) is 16.9 Å². The number of hydrogen-bond donors (Lipinski definition) is 1. The summed E-state index contributed by atoms with van der Waals surface area (Å²) in [5.41, 5.74) is 2.56. The summed E-state index contributed by atoms with van der Waals surface area (Å²) in [5, 5.41) is 2.67. The molecule has 1 N–H and O–H groups in total. The zero-order valence-electron chi connectivity index (χ0n) is 20.8. The van der Waals surface area contributed by atoms with Crippen LogP contribution in [0.3, 0.4) is 0 Å². The first-order valence-corrected chi connectivity index (χ1v) is 12.3. The van der Waals surface area contributed by atoms with Crippen molar-refractivity contribution >= 4 is 46.7 Å². The summed E-state index contributed by atoms with van der Waals surface area (Å²) < 4.78 is 9.98. The molecule has 3 aromatic rings. The van der Waals surface area contributed by atoms with Gasteiger partial charge in [-0.15, -0.1) is 0 Å². The molecule has 0 spiro atoms. The number of carbonyl (C=O) groups is 4. The third-order valence-electron chi connectivity index (χ3n) is 5.92. The summed E-state index contributed by atoms with van der Waals surface area (Å²) in [6, 6.07) is 19.4. The number of unbranched alkanes of at least 4 members (excludes halogenated alkanes) is 1. The maximum absolute atomic E-state index is 13.0. The van der Waals surface area contributed by atoms with Crippen LogP contribution < -0.4 is 15.0 Å². The standard InChI is InChI=1S/C29H25ClN2O6/c1-3-4-5-18-6-14-22(15-7-18)32-26(33)24(30)25(27(32)34)31-21-12-8-20(9-13-21)29(36)38-23-16-10-19(11-17-23)28(35)37-2/h6-17,31H,3-5H2,1-2H3. The summed E-state index contributed by atoms with van der Waals surface area (Å²) in [7, 11) is 1.28. The zero-order valence-corrected chi connectivity index (χ0v) is 21.6. The summed E-state index contributed by atoms with van der Waals surface area (Å²) >= 11 is 6.23. The normalized spacial score (nSPS) is 13.1. The van der Waals surface area contributed by atoms with Crippen molar-refractivity contribution in [2.75, 3.05) is 17.3 Å². The van der Waals surface area contributed by atoms with Crippen molar-refractivity contribution in [2.24, 2.45) is 0 Å². The highest BCUT2D eigenvalue weighted by atomic mass is 35.5. The number of rotatable bonds is 9. The number of aryl methyl sites for hydroxylation is 1. The van der Waals surface area contributed by atoms with E-state index in [9.17, 15) is 19.2 Å². The molecule has 1 aliphatic rings. The van der Waals surface area contributed by atoms with Gasteiger partial charge in [0, 0.05) is 5.69 Å². The molecule has 0 aliphatic carbocycles. The van der Waals surface area contributed by atoms with E-state index in [4.69, 9.17) is 16.3 Å². The second-order valence-corrected chi connectivity index (χ2v) is 8.89. The molecular weight excluding hydrogens is 508 g/mol. The molecule has 0 saturated heterocycles. The molecule has 9 heteroatoms. The Morgan fingerprint density at radius 1 is 0.842 bits per heavy atom. The Kier molecular flexibility index (Phi) is 8.23. The molecule has 0 saturated carbocycles. The van der Waals surface area contributed by atoms with E-state index in [-0.39, 0.29) is 22.0 Å². The van der Waals surface area contributed by atoms with Gasteiger partial charge in [0.05, 0.1) is 23.9 Å². The number of benzene rings is 3. The highest BCUT2D eigenvalue weighted by Crippen LogP contribution is 2.30. The quantitative estimate of drug-likeness (QED) is 0.221. The third kappa shape index (κ3) is 5.76. The van der Waals surface area contributed by atoms with Crippen LogP contribution in [-0.2, 0) is 20.7 Å². The number of methoxy groups -OCH3 is 1. The molecule has 2 amide bonds. The Hall–Kier alpha value is -4.43. The van der Waals surface area contributed by atoms with Crippen molar-refractivity contribution < 1.29 is 28.7 Å². The monoisotopic (exact) mass is 532 g/mol. The predicted octanol–water partition coefficient (Wildman–Crippen LogP) is 5.47. The molecule has 4 rings (SSSR count). The van der Waals surface area contributed by atoms with Gasteiger partial charge >= 0.3 is 11.9 Å². The van der Waals surface area contributed by atoms with Gasteiger partial charge in [-0.05, 0) is 79.1 Å². The van der Waals surface area contributed by atoms with Gasteiger partial charge in [0.15, 0.2) is 0 Å². The van der Waals surface area contributed by atoms with Crippen LogP contribution in [0.2, 0.25) is 0 Å². The topological polar surface area (TPSA) is 102 Å². The molecule has 194 valence electrons. The molecule has 0 unspecified atom stereocenters. The van der Waals surface area contributed by atoms with Crippen LogP contribution >= 0.6 is 11.6 Å². The Labute approximate surface area is 224 Å². The fourth-order valence-corrected chi connectivity index (χ4v) is 4.03. The van der Waals surface area contributed by atoms with Crippen molar-refractivity contribution in [3.05, 3.63) is 100 Å². The second kappa shape index (κ2) is 11.7. The second-order valence-electron chi connectivity index (χ2n) is 8.51. The van der Waals surface area contributed by atoms with E-state index in [2.05, 4.69) is 17.0 Å². The highest BCUT2D eigenvalue weighted by molar-refractivity contribution is 6.53. The summed E-state index contributed by atoms with van der Waals surface area (Å²) in [4.78, 5) is 50.9. The van der Waals surface area contributed by atoms with E-state index in [0.717, 1.165) is 29.7 Å². The fraction of sp³-hybridized carbons (Fsp3) is 0.172. The largest absolute Gasteiger partial charge is 0.465 e. The number of amides is 2. The van der Waals surface area contributed by atoms with E-state index in [1.807, 2.05) is 12.1 Å². The van der Waals surface area contributed by atoms with E-state index in [1.165, 1.54) is 43.5 Å². The van der Waals surface area contributed by atoms with Gasteiger partial charge in [-0.25, -0.2) is 14.5 Å². The first-order chi connectivity index (χ1) is 18.3. The predicted molar refractivity (Wildman–Crippen MR) is 143 cm³/mol. The van der Waals surface area contributed by atoms with E-state index in [1.54, 1.807) is 24.3 Å². The van der Waals surface area contributed by atoms with Gasteiger partial charge in [-0.3, -0.25) is 9.59 Å². The maximum atomic E-state index is 13.0. The van der Waals surface area contributed by atoms with Gasteiger partial charge < -0.3 is 14.8 Å². The first kappa shape index (κ1) is 26.6. The molecule has 0 radical (unpaired) electrons. The number of anilines is 2. The smallest absolute Gasteiger partial charge is 0.343 e. The lowest BCUT2D eigenvalue weighted by Gasteiger charge is -2.15. The Bertz CT molecular complexity index is 1400. The number of ether oxygens (including phenoxy) is 2. The molecule has 0 atom stereocenters. The highest BCUT2D eigenvalue weighted by Gasteiger charge is 2.38. The van der Waals surface area contributed by atoms with Crippen LogP contribution in [0.1, 0.15) is 46.0 Å². The molecule has 3 aromatic carbocycles. The minimum absolute atomic E-state index is 0.0484. The number of carbonyl (C=O) groups excluding carboxylic acids is 4. The molecular formula is C29H25ClN2O6. The van der Waals surface area contributed by atoms with Crippen LogP contribution in [0.5, 0.6) is 5.75 Å². The average molecular weight is 533 g/mol. The Morgan fingerprint density at radius 2 is 1.45 bits per heavy atom. The van der Waals surface area contributed by atoms with Crippen molar-refractivity contribution in [3.8, 4) is 5.75 Å². The van der Waals surface area contributed by atoms with E-state index < -0.39 is 23.8 Å². The van der Waals surface area contributed by atoms with Gasteiger partial charge in [0.25, 0.3) is 11.8 Å². The zero-order chi connectivity index (χ0) is 27.2. The lowest BCUT2D eigenvalue weighted by molar-refractivity contribution is -0.120. The van der Waals surface area contributed by atoms with Gasteiger partial charge in [-0.2, -0.15) is 0 Å². The van der Waals surface area contributed by atoms with Crippen LogP contribution in [0.25, 0.3) is 0 Å². The van der Waals surface area contributed by atoms with Crippen molar-refractivity contribution in [1.82, 2.24) is 0 Å². The number of esters is 2. The van der Waals surface area contributed by atoms with Crippen molar-refractivity contribution in [1.29, 1.82) is 0 Å². The Balaban J connectivity index is 1.41. The molecule has 0 bridgehead atoms. The number of halogens is 1. The summed E-state index contributed by atoms with van der Waals surface area (Å²) in [5.74, 6) is -2.03. The molecule has 1 aliphatic heterocycles. The van der Waals surface area contributed by atoms with Crippen molar-refractivity contribution in [2.45, 2.75) is 26.2 Å². The number of hydrogen-bond acceptors (Lipinski definition) is 7. The summed E-state index contributed by atoms with van der Waals surface area (Å²) in [6.07, 6.45) is 3.06. The third-order valence-corrected chi connectivity index (χ3v) is 6.27. The van der Waals surface area contributed by atoms with Crippen LogP contribution in [0, 0.1) is 0 Å². The molecule has 0 fully saturated rings. The lowest BCUT2D eigenvalue weighted by atomic mass is 10.1. The Morgan fingerprint density at radius 3 is 2.05 bits per heavy atom. The van der Waals surface area contributed by atoms with Crippen molar-refractivity contribution in [3.63, 3.8) is 0 Å². The lowest BCUT2D eigenvalue weighted by Crippen LogP contribution is -2.32. The minimum Gasteiger partial charge on any atom is -0.465 e. The van der Waals surface area contributed by atoms with Gasteiger partial charge in [0.1, 0.15) is 16.5 Å². The maximum Gasteiger partial charge on any atom is 0.343 e. The number of nitrogens with one attached hydrogen (secondary N) is 1. The fourth-order valence-electron chi connectivity index (χ4n) is 3.82. The van der Waals surface area contributed by atoms with Gasteiger partial charge in [-0.1, -0.05) is 37.1 Å². The van der Waals surface area contributed by atoms with Crippen LogP contribution in [0.4, 0.5) is 11.4 Å². The van der Waals surface area contributed by atoms with E-state index >= 15 is 0 Å². The van der Waals surface area contributed by atoms with Crippen LogP contribution in [0.15, 0.2) is 83.5 Å². The summed E-state index contributed by atoms with van der Waals surface area (Å²) in [6.45, 7) is 2.12. The molecule has 38 heavy (non-hydrogen) atoms. The average Bonchev–Trinajstić information content (AvgIpc) is 3.15. The number of nitrogens with zero attached hydrogens (tertiary/aromatic N) is 1. The SMILES string of the molecule is CCCCc1ccc(N2C(=O)C(Cl)=C(Nc3ccc(C(=O)Oc4ccc(C(=O)OC)cc4)cc3)C2=O)cc1. The first-order valence-electron chi connectivity index (χ1n) is 12.0. The molecule has 8 nitrogen and oxygen atoms in total. The van der Waals surface area contributed by atoms with Gasteiger partial charge in [0.2, 0.25) is 0 Å². The molecule has 1 heterocycles. The van der Waals surface area contributed by atoms with Crippen LogP contribution in [-0.4, -0.2) is 30.9 Å². The minimum atomic E-state index is -0.612. The number of imide groups is 1.